The second kappa shape index (κ2) is 5.96. The Hall–Kier alpha value is -2.01. The quantitative estimate of drug-likeness (QED) is 0.900. The van der Waals surface area contributed by atoms with Crippen molar-refractivity contribution in [2.24, 2.45) is 0 Å². The zero-order valence-corrected chi connectivity index (χ0v) is 11.8. The van der Waals surface area contributed by atoms with Crippen LogP contribution in [0.5, 0.6) is 0 Å². The van der Waals surface area contributed by atoms with Gasteiger partial charge in [-0.3, -0.25) is 4.79 Å². The highest BCUT2D eigenvalue weighted by Crippen LogP contribution is 2.13. The molecule has 0 radical (unpaired) electrons. The maximum Gasteiger partial charge on any atom is 0.255 e. The Morgan fingerprint density at radius 3 is 2.70 bits per heavy atom. The molecule has 106 valence electrons. The fourth-order valence-corrected chi connectivity index (χ4v) is 2.25. The van der Waals surface area contributed by atoms with Crippen LogP contribution in [0, 0.1) is 19.7 Å². The zero-order valence-electron chi connectivity index (χ0n) is 11.8. The van der Waals surface area contributed by atoms with E-state index in [1.54, 1.807) is 32.0 Å². The van der Waals surface area contributed by atoms with Crippen LogP contribution in [0.25, 0.3) is 0 Å². The van der Waals surface area contributed by atoms with Crippen LogP contribution >= 0.6 is 0 Å². The van der Waals surface area contributed by atoms with Gasteiger partial charge in [0.05, 0.1) is 5.56 Å². The van der Waals surface area contributed by atoms with E-state index in [0.29, 0.717) is 29.2 Å². The summed E-state index contributed by atoms with van der Waals surface area (Å²) in [4.78, 5) is 18.9. The van der Waals surface area contributed by atoms with E-state index < -0.39 is 0 Å². The fraction of sp³-hybridized carbons (Fsp3) is 0.333. The molecule has 0 saturated heterocycles. The van der Waals surface area contributed by atoms with Gasteiger partial charge in [-0.25, -0.2) is 9.37 Å². The molecule has 4 nitrogen and oxygen atoms in total. The van der Waals surface area contributed by atoms with Crippen molar-refractivity contribution < 1.29 is 4.39 Å². The number of nitrogens with one attached hydrogen (secondary N) is 2. The van der Waals surface area contributed by atoms with Gasteiger partial charge in [0.2, 0.25) is 0 Å². The highest BCUT2D eigenvalue weighted by atomic mass is 19.1. The fourth-order valence-electron chi connectivity index (χ4n) is 2.25. The van der Waals surface area contributed by atoms with Crippen LogP contribution in [-0.2, 0) is 6.54 Å². The minimum atomic E-state index is -0.250. The van der Waals surface area contributed by atoms with E-state index in [1.165, 1.54) is 6.07 Å². The van der Waals surface area contributed by atoms with Crippen molar-refractivity contribution in [1.29, 1.82) is 0 Å². The summed E-state index contributed by atoms with van der Waals surface area (Å²) in [6.45, 7) is 5.78. The molecule has 2 aromatic rings. The first-order valence-corrected chi connectivity index (χ1v) is 6.53. The summed E-state index contributed by atoms with van der Waals surface area (Å²) >= 11 is 0. The van der Waals surface area contributed by atoms with E-state index >= 15 is 0 Å². The number of benzene rings is 1. The van der Waals surface area contributed by atoms with Crippen LogP contribution in [0.1, 0.15) is 35.6 Å². The summed E-state index contributed by atoms with van der Waals surface area (Å²) in [6, 6.07) is 6.38. The van der Waals surface area contributed by atoms with Crippen molar-refractivity contribution in [1.82, 2.24) is 15.3 Å². The van der Waals surface area contributed by atoms with E-state index in [9.17, 15) is 9.18 Å². The summed E-state index contributed by atoms with van der Waals surface area (Å²) in [5.41, 5.74) is 1.71. The smallest absolute Gasteiger partial charge is 0.255 e. The molecule has 1 heterocycles. The average molecular weight is 275 g/mol. The summed E-state index contributed by atoms with van der Waals surface area (Å²) in [5, 5.41) is 3.16. The molecule has 0 aliphatic carbocycles. The Balaban J connectivity index is 2.16. The molecule has 1 atom stereocenters. The maximum absolute atomic E-state index is 13.5. The lowest BCUT2D eigenvalue weighted by molar-refractivity contribution is 0.537. The van der Waals surface area contributed by atoms with Crippen LogP contribution in [0.3, 0.4) is 0 Å². The number of aromatic nitrogens is 2. The summed E-state index contributed by atoms with van der Waals surface area (Å²) < 4.78 is 13.5. The second-order valence-electron chi connectivity index (χ2n) is 4.84. The molecule has 1 unspecified atom stereocenters. The van der Waals surface area contributed by atoms with Gasteiger partial charge >= 0.3 is 0 Å². The van der Waals surface area contributed by atoms with Gasteiger partial charge in [-0.15, -0.1) is 0 Å². The molecule has 0 spiro atoms. The van der Waals surface area contributed by atoms with E-state index in [0.717, 1.165) is 0 Å². The van der Waals surface area contributed by atoms with Crippen LogP contribution in [0.15, 0.2) is 29.1 Å². The van der Waals surface area contributed by atoms with Gasteiger partial charge in [0.25, 0.3) is 5.56 Å². The van der Waals surface area contributed by atoms with Gasteiger partial charge in [0.15, 0.2) is 0 Å². The number of halogens is 1. The molecule has 0 aliphatic rings. The minimum Gasteiger partial charge on any atom is -0.310 e. The largest absolute Gasteiger partial charge is 0.310 e. The standard InChI is InChI=1S/C15H18FN3O/c1-9(14-10(2)18-11(3)19-15(14)20)17-8-12-6-4-5-7-13(12)16/h4-7,9,17H,8H2,1-3H3,(H,18,19,20). The predicted octanol–water partition coefficient (Wildman–Crippen LogP) is 2.38. The number of H-pyrrole nitrogens is 1. The van der Waals surface area contributed by atoms with E-state index in [2.05, 4.69) is 15.3 Å². The first kappa shape index (κ1) is 14.4. The van der Waals surface area contributed by atoms with E-state index in [1.807, 2.05) is 6.92 Å². The number of rotatable bonds is 4. The topological polar surface area (TPSA) is 57.8 Å². The van der Waals surface area contributed by atoms with Gasteiger partial charge in [0, 0.05) is 23.8 Å². The molecule has 0 amide bonds. The Morgan fingerprint density at radius 2 is 2.05 bits per heavy atom. The molecule has 0 aliphatic heterocycles. The van der Waals surface area contributed by atoms with Crippen molar-refractivity contribution in [3.05, 3.63) is 63.1 Å². The van der Waals surface area contributed by atoms with Crippen molar-refractivity contribution in [3.63, 3.8) is 0 Å². The van der Waals surface area contributed by atoms with Crippen LogP contribution in [-0.4, -0.2) is 9.97 Å². The number of hydrogen-bond donors (Lipinski definition) is 2. The Labute approximate surface area is 117 Å². The molecular weight excluding hydrogens is 257 g/mol. The third kappa shape index (κ3) is 3.11. The minimum absolute atomic E-state index is 0.150. The molecule has 0 bridgehead atoms. The lowest BCUT2D eigenvalue weighted by Gasteiger charge is -2.15. The number of aromatic amines is 1. The molecule has 5 heteroatoms. The average Bonchev–Trinajstić information content (AvgIpc) is 2.36. The van der Waals surface area contributed by atoms with E-state index in [4.69, 9.17) is 0 Å². The molecule has 2 rings (SSSR count). The van der Waals surface area contributed by atoms with Crippen LogP contribution < -0.4 is 10.9 Å². The normalized spacial score (nSPS) is 12.4. The lowest BCUT2D eigenvalue weighted by Crippen LogP contribution is -2.28. The number of aryl methyl sites for hydroxylation is 2. The number of hydrogen-bond acceptors (Lipinski definition) is 3. The molecule has 2 N–H and O–H groups in total. The molecular formula is C15H18FN3O. The summed E-state index contributed by atoms with van der Waals surface area (Å²) in [6.07, 6.45) is 0. The lowest BCUT2D eigenvalue weighted by atomic mass is 10.1. The van der Waals surface area contributed by atoms with Crippen LogP contribution in [0.2, 0.25) is 0 Å². The zero-order chi connectivity index (χ0) is 14.7. The summed E-state index contributed by atoms with van der Waals surface area (Å²) in [5.74, 6) is 0.345. The highest BCUT2D eigenvalue weighted by Gasteiger charge is 2.14. The first-order valence-electron chi connectivity index (χ1n) is 6.53. The SMILES string of the molecule is Cc1nc(C)c(C(C)NCc2ccccc2F)c(=O)[nH]1. The maximum atomic E-state index is 13.5. The molecule has 0 saturated carbocycles. The third-order valence-corrected chi connectivity index (χ3v) is 3.25. The van der Waals surface area contributed by atoms with E-state index in [-0.39, 0.29) is 17.4 Å². The van der Waals surface area contributed by atoms with Crippen molar-refractivity contribution >= 4 is 0 Å². The van der Waals surface area contributed by atoms with Gasteiger partial charge in [-0.1, -0.05) is 18.2 Å². The Morgan fingerprint density at radius 1 is 1.35 bits per heavy atom. The van der Waals surface area contributed by atoms with Gasteiger partial charge in [0.1, 0.15) is 11.6 Å². The Kier molecular flexibility index (Phi) is 4.29. The highest BCUT2D eigenvalue weighted by molar-refractivity contribution is 5.21. The Bertz CT molecular complexity index is 666. The second-order valence-corrected chi connectivity index (χ2v) is 4.84. The van der Waals surface area contributed by atoms with Crippen molar-refractivity contribution in [3.8, 4) is 0 Å². The molecule has 1 aromatic carbocycles. The summed E-state index contributed by atoms with van der Waals surface area (Å²) in [7, 11) is 0. The third-order valence-electron chi connectivity index (χ3n) is 3.25. The first-order chi connectivity index (χ1) is 9.49. The molecule has 0 fully saturated rings. The van der Waals surface area contributed by atoms with Crippen molar-refractivity contribution in [2.45, 2.75) is 33.4 Å². The van der Waals surface area contributed by atoms with Gasteiger partial charge in [-0.05, 0) is 26.8 Å². The van der Waals surface area contributed by atoms with Crippen molar-refractivity contribution in [2.75, 3.05) is 0 Å². The molecule has 1 aromatic heterocycles. The van der Waals surface area contributed by atoms with Crippen LogP contribution in [0.4, 0.5) is 4.39 Å². The van der Waals surface area contributed by atoms with Gasteiger partial charge < -0.3 is 10.3 Å². The number of nitrogens with zero attached hydrogens (tertiary/aromatic N) is 1. The molecule has 20 heavy (non-hydrogen) atoms. The van der Waals surface area contributed by atoms with Gasteiger partial charge in [-0.2, -0.15) is 0 Å². The predicted molar refractivity (Wildman–Crippen MR) is 76.0 cm³/mol. The monoisotopic (exact) mass is 275 g/mol.